The molecule has 8 heteroatoms. The van der Waals surface area contributed by atoms with Crippen molar-refractivity contribution in [2.24, 2.45) is 0 Å². The standard InChI is InChI=1S/C19H26F3NO4/c1-19(2,3)27-18(25)23-13(6-4-5-7-24)10-26-11-16(23)12-8-14(20)17(22)15(21)9-12/h8-9,13,16,24H,4-7,10-11H2,1-3H3/t13?,16-/m0/s1. The molecule has 1 unspecified atom stereocenters. The van der Waals surface area contributed by atoms with Crippen molar-refractivity contribution in [3.8, 4) is 0 Å². The topological polar surface area (TPSA) is 59.0 Å². The van der Waals surface area contributed by atoms with Gasteiger partial charge in [-0.05, 0) is 57.7 Å². The maximum atomic E-state index is 13.7. The fourth-order valence-corrected chi connectivity index (χ4v) is 3.06. The zero-order valence-corrected chi connectivity index (χ0v) is 15.8. The Balaban J connectivity index is 2.35. The Labute approximate surface area is 157 Å². The summed E-state index contributed by atoms with van der Waals surface area (Å²) in [6.07, 6.45) is 1.10. The van der Waals surface area contributed by atoms with E-state index in [1.54, 1.807) is 20.8 Å². The number of hydrogen-bond acceptors (Lipinski definition) is 4. The highest BCUT2D eigenvalue weighted by Gasteiger charge is 2.38. The van der Waals surface area contributed by atoms with Crippen LogP contribution >= 0.6 is 0 Å². The van der Waals surface area contributed by atoms with Gasteiger partial charge >= 0.3 is 6.09 Å². The van der Waals surface area contributed by atoms with Crippen molar-refractivity contribution < 1.29 is 32.5 Å². The molecule has 1 heterocycles. The van der Waals surface area contributed by atoms with Gasteiger partial charge in [0.15, 0.2) is 17.5 Å². The van der Waals surface area contributed by atoms with Crippen LogP contribution in [-0.4, -0.2) is 47.6 Å². The summed E-state index contributed by atoms with van der Waals surface area (Å²) in [5, 5.41) is 8.99. The molecule has 1 amide bonds. The molecule has 0 aromatic heterocycles. The average Bonchev–Trinajstić information content (AvgIpc) is 2.57. The van der Waals surface area contributed by atoms with Crippen LogP contribution in [0.15, 0.2) is 12.1 Å². The Morgan fingerprint density at radius 1 is 1.22 bits per heavy atom. The normalized spacial score (nSPS) is 20.6. The molecule has 2 rings (SSSR count). The molecule has 1 N–H and O–H groups in total. The summed E-state index contributed by atoms with van der Waals surface area (Å²) in [6, 6.07) is 0.554. The molecule has 5 nitrogen and oxygen atoms in total. The Kier molecular flexibility index (Phi) is 7.11. The SMILES string of the molecule is CC(C)(C)OC(=O)N1C(CCCCO)COC[C@H]1c1cc(F)c(F)c(F)c1. The van der Waals surface area contributed by atoms with Gasteiger partial charge in [0, 0.05) is 6.61 Å². The zero-order chi connectivity index (χ0) is 20.2. The Morgan fingerprint density at radius 3 is 2.41 bits per heavy atom. The number of hydrogen-bond donors (Lipinski definition) is 1. The van der Waals surface area contributed by atoms with Crippen LogP contribution in [0.2, 0.25) is 0 Å². The maximum Gasteiger partial charge on any atom is 0.411 e. The van der Waals surface area contributed by atoms with Crippen LogP contribution in [0.4, 0.5) is 18.0 Å². The van der Waals surface area contributed by atoms with Gasteiger partial charge < -0.3 is 14.6 Å². The van der Waals surface area contributed by atoms with E-state index in [1.807, 2.05) is 0 Å². The monoisotopic (exact) mass is 389 g/mol. The lowest BCUT2D eigenvalue weighted by atomic mass is 9.99. The molecular formula is C19H26F3NO4. The highest BCUT2D eigenvalue weighted by Crippen LogP contribution is 2.32. The summed E-state index contributed by atoms with van der Waals surface area (Å²) in [5.41, 5.74) is -0.654. The van der Waals surface area contributed by atoms with Crippen LogP contribution in [-0.2, 0) is 9.47 Å². The van der Waals surface area contributed by atoms with Crippen molar-refractivity contribution in [1.29, 1.82) is 0 Å². The van der Waals surface area contributed by atoms with Crippen LogP contribution in [0.3, 0.4) is 0 Å². The van der Waals surface area contributed by atoms with Gasteiger partial charge in [-0.1, -0.05) is 0 Å². The van der Waals surface area contributed by atoms with E-state index in [1.165, 1.54) is 4.90 Å². The lowest BCUT2D eigenvalue weighted by Crippen LogP contribution is -2.52. The van der Waals surface area contributed by atoms with E-state index in [4.69, 9.17) is 14.6 Å². The van der Waals surface area contributed by atoms with Gasteiger partial charge in [0.25, 0.3) is 0 Å². The molecule has 0 spiro atoms. The van der Waals surface area contributed by atoms with Crippen molar-refractivity contribution in [3.63, 3.8) is 0 Å². The zero-order valence-electron chi connectivity index (χ0n) is 15.8. The van der Waals surface area contributed by atoms with E-state index < -0.39 is 35.2 Å². The minimum absolute atomic E-state index is 0.0141. The molecular weight excluding hydrogens is 363 g/mol. The van der Waals surface area contributed by atoms with Crippen molar-refractivity contribution >= 4 is 6.09 Å². The van der Waals surface area contributed by atoms with Crippen LogP contribution in [0.5, 0.6) is 0 Å². The Morgan fingerprint density at radius 2 is 1.85 bits per heavy atom. The van der Waals surface area contributed by atoms with Crippen LogP contribution in [0, 0.1) is 17.5 Å². The van der Waals surface area contributed by atoms with Crippen molar-refractivity contribution in [3.05, 3.63) is 35.1 Å². The number of carbonyl (C=O) groups is 1. The van der Waals surface area contributed by atoms with Gasteiger partial charge in [-0.2, -0.15) is 0 Å². The smallest absolute Gasteiger partial charge is 0.411 e. The predicted molar refractivity (Wildman–Crippen MR) is 92.7 cm³/mol. The first-order chi connectivity index (χ1) is 12.6. The van der Waals surface area contributed by atoms with Gasteiger partial charge in [-0.15, -0.1) is 0 Å². The summed E-state index contributed by atoms with van der Waals surface area (Å²) < 4.78 is 51.8. The second-order valence-electron chi connectivity index (χ2n) is 7.61. The third-order valence-electron chi connectivity index (χ3n) is 4.26. The van der Waals surface area contributed by atoms with Gasteiger partial charge in [-0.3, -0.25) is 4.90 Å². The van der Waals surface area contributed by atoms with E-state index in [0.29, 0.717) is 19.3 Å². The van der Waals surface area contributed by atoms with E-state index in [2.05, 4.69) is 0 Å². The maximum absolute atomic E-state index is 13.7. The number of aliphatic hydroxyl groups excluding tert-OH is 1. The summed E-state index contributed by atoms with van der Waals surface area (Å²) in [6.45, 7) is 5.44. The third-order valence-corrected chi connectivity index (χ3v) is 4.26. The third kappa shape index (κ3) is 5.59. The second kappa shape index (κ2) is 8.93. The number of ether oxygens (including phenoxy) is 2. The second-order valence-corrected chi connectivity index (χ2v) is 7.61. The fraction of sp³-hybridized carbons (Fsp3) is 0.632. The van der Waals surface area contributed by atoms with Crippen molar-refractivity contribution in [2.45, 2.75) is 57.7 Å². The first-order valence-corrected chi connectivity index (χ1v) is 8.98. The minimum atomic E-state index is -1.56. The fourth-order valence-electron chi connectivity index (χ4n) is 3.06. The number of benzene rings is 1. The molecule has 1 aliphatic heterocycles. The number of carbonyl (C=O) groups excluding carboxylic acids is 1. The lowest BCUT2D eigenvalue weighted by molar-refractivity contribution is -0.0644. The van der Waals surface area contributed by atoms with E-state index in [9.17, 15) is 18.0 Å². The van der Waals surface area contributed by atoms with Crippen LogP contribution in [0.1, 0.15) is 51.6 Å². The van der Waals surface area contributed by atoms with E-state index >= 15 is 0 Å². The summed E-state index contributed by atoms with van der Waals surface area (Å²) in [7, 11) is 0. The Bertz CT molecular complexity index is 640. The van der Waals surface area contributed by atoms with Gasteiger partial charge in [0.2, 0.25) is 0 Å². The molecule has 1 aliphatic rings. The highest BCUT2D eigenvalue weighted by atomic mass is 19.2. The molecule has 1 fully saturated rings. The number of amides is 1. The highest BCUT2D eigenvalue weighted by molar-refractivity contribution is 5.69. The number of halogens is 3. The molecule has 1 saturated heterocycles. The molecule has 27 heavy (non-hydrogen) atoms. The van der Waals surface area contributed by atoms with Crippen LogP contribution < -0.4 is 0 Å². The first kappa shape index (κ1) is 21.5. The molecule has 0 saturated carbocycles. The molecule has 0 bridgehead atoms. The molecule has 152 valence electrons. The van der Waals surface area contributed by atoms with Crippen molar-refractivity contribution in [1.82, 2.24) is 4.90 Å². The molecule has 0 radical (unpaired) electrons. The minimum Gasteiger partial charge on any atom is -0.444 e. The Hall–Kier alpha value is -1.80. The number of aliphatic hydroxyl groups is 1. The number of nitrogens with zero attached hydrogens (tertiary/aromatic N) is 1. The van der Waals surface area contributed by atoms with Gasteiger partial charge in [0.1, 0.15) is 5.60 Å². The average molecular weight is 389 g/mol. The molecule has 2 atom stereocenters. The number of rotatable bonds is 5. The predicted octanol–water partition coefficient (Wildman–Crippen LogP) is 3.94. The molecule has 0 aliphatic carbocycles. The van der Waals surface area contributed by atoms with E-state index in [0.717, 1.165) is 12.1 Å². The quantitative estimate of drug-likeness (QED) is 0.612. The summed E-state index contributed by atoms with van der Waals surface area (Å²) in [4.78, 5) is 14.2. The lowest BCUT2D eigenvalue weighted by Gasteiger charge is -2.42. The number of morpholine rings is 1. The first-order valence-electron chi connectivity index (χ1n) is 8.98. The van der Waals surface area contributed by atoms with Gasteiger partial charge in [0.05, 0.1) is 25.3 Å². The van der Waals surface area contributed by atoms with Crippen molar-refractivity contribution in [2.75, 3.05) is 19.8 Å². The van der Waals surface area contributed by atoms with E-state index in [-0.39, 0.29) is 31.4 Å². The summed E-state index contributed by atoms with van der Waals surface area (Å²) >= 11 is 0. The largest absolute Gasteiger partial charge is 0.444 e. The molecule has 1 aromatic rings. The van der Waals surface area contributed by atoms with Gasteiger partial charge in [-0.25, -0.2) is 18.0 Å². The molecule has 1 aromatic carbocycles. The van der Waals surface area contributed by atoms with Crippen LogP contribution in [0.25, 0.3) is 0 Å². The summed E-state index contributed by atoms with van der Waals surface area (Å²) in [5.74, 6) is -4.20. The number of unbranched alkanes of at least 4 members (excludes halogenated alkanes) is 1.